The number of ketones is 1. The topological polar surface area (TPSA) is 85.3 Å². The summed E-state index contributed by atoms with van der Waals surface area (Å²) in [6.07, 6.45) is 0. The summed E-state index contributed by atoms with van der Waals surface area (Å²) in [6.45, 7) is 2.24. The number of benzene rings is 3. The van der Waals surface area contributed by atoms with Crippen molar-refractivity contribution >= 4 is 39.1 Å². The van der Waals surface area contributed by atoms with Gasteiger partial charge in [0.25, 0.3) is 11.7 Å². The Morgan fingerprint density at radius 1 is 0.943 bits per heavy atom. The number of aliphatic hydroxyl groups excluding tert-OH is 1. The molecule has 0 radical (unpaired) electrons. The van der Waals surface area contributed by atoms with Crippen LogP contribution in [0.1, 0.15) is 24.1 Å². The second kappa shape index (κ2) is 10.2. The normalized spacial score (nSPS) is 16.9. The number of carbonyl (C=O) groups excluding carboxylic acids is 2. The van der Waals surface area contributed by atoms with Gasteiger partial charge in [0.05, 0.1) is 38.1 Å². The zero-order chi connectivity index (χ0) is 25.1. The number of rotatable bonds is 7. The molecule has 180 valence electrons. The Morgan fingerprint density at radius 2 is 1.63 bits per heavy atom. The summed E-state index contributed by atoms with van der Waals surface area (Å²) in [4.78, 5) is 28.1. The van der Waals surface area contributed by atoms with Crippen molar-refractivity contribution in [2.45, 2.75) is 13.0 Å². The first-order valence-electron chi connectivity index (χ1n) is 10.9. The summed E-state index contributed by atoms with van der Waals surface area (Å²) in [5.41, 5.74) is 1.36. The van der Waals surface area contributed by atoms with Gasteiger partial charge in [-0.25, -0.2) is 0 Å². The molecule has 1 heterocycles. The second-order valence-electron chi connectivity index (χ2n) is 7.69. The number of para-hydroxylation sites is 2. The standard InChI is InChI=1S/C27H24BrNO6/c1-4-35-22-15-17(11-14-21(22)34-3)24-23(25(30)16-9-12-18(28)13-10-16)26(31)27(32)29(24)19-7-5-6-8-20(19)33-2/h5-15,24,30H,4H2,1-3H3/b25-23-. The summed E-state index contributed by atoms with van der Waals surface area (Å²) in [7, 11) is 3.03. The molecule has 1 N–H and O–H groups in total. The molecule has 3 aromatic rings. The Morgan fingerprint density at radius 3 is 2.29 bits per heavy atom. The van der Waals surface area contributed by atoms with E-state index in [4.69, 9.17) is 14.2 Å². The van der Waals surface area contributed by atoms with Crippen molar-refractivity contribution in [2.24, 2.45) is 0 Å². The van der Waals surface area contributed by atoms with Crippen LogP contribution < -0.4 is 19.1 Å². The average molecular weight is 538 g/mol. The van der Waals surface area contributed by atoms with E-state index in [9.17, 15) is 14.7 Å². The van der Waals surface area contributed by atoms with Crippen LogP contribution >= 0.6 is 15.9 Å². The third-order valence-electron chi connectivity index (χ3n) is 5.71. The summed E-state index contributed by atoms with van der Waals surface area (Å²) in [6, 6.07) is 18.0. The molecule has 0 saturated carbocycles. The van der Waals surface area contributed by atoms with Crippen molar-refractivity contribution < 1.29 is 28.9 Å². The van der Waals surface area contributed by atoms with Crippen LogP contribution in [0.25, 0.3) is 5.76 Å². The molecule has 35 heavy (non-hydrogen) atoms. The van der Waals surface area contributed by atoms with Gasteiger partial charge in [0.15, 0.2) is 11.5 Å². The van der Waals surface area contributed by atoms with Gasteiger partial charge in [0.1, 0.15) is 11.5 Å². The average Bonchev–Trinajstić information content (AvgIpc) is 3.14. The zero-order valence-electron chi connectivity index (χ0n) is 19.4. The minimum absolute atomic E-state index is 0.0316. The fourth-order valence-electron chi connectivity index (χ4n) is 4.12. The Bertz CT molecular complexity index is 1300. The van der Waals surface area contributed by atoms with Crippen LogP contribution in [0.4, 0.5) is 5.69 Å². The van der Waals surface area contributed by atoms with Crippen molar-refractivity contribution in [1.29, 1.82) is 0 Å². The van der Waals surface area contributed by atoms with Crippen LogP contribution in [0.5, 0.6) is 17.2 Å². The molecule has 1 aliphatic heterocycles. The number of amides is 1. The minimum atomic E-state index is -0.931. The monoisotopic (exact) mass is 537 g/mol. The SMILES string of the molecule is CCOc1cc(C2/C(=C(/O)c3ccc(Br)cc3)C(=O)C(=O)N2c2ccccc2OC)ccc1OC. The number of methoxy groups -OCH3 is 2. The van der Waals surface area contributed by atoms with Crippen molar-refractivity contribution in [3.05, 3.63) is 87.9 Å². The lowest BCUT2D eigenvalue weighted by Gasteiger charge is -2.27. The molecule has 0 bridgehead atoms. The number of Topliss-reactive ketones (excluding diaryl/α,β-unsaturated/α-hetero) is 1. The van der Waals surface area contributed by atoms with E-state index < -0.39 is 17.7 Å². The first-order chi connectivity index (χ1) is 16.9. The molecule has 1 saturated heterocycles. The lowest BCUT2D eigenvalue weighted by molar-refractivity contribution is -0.132. The van der Waals surface area contributed by atoms with Gasteiger partial charge in [-0.3, -0.25) is 14.5 Å². The number of hydrogen-bond donors (Lipinski definition) is 1. The molecule has 1 fully saturated rings. The molecule has 1 atom stereocenters. The van der Waals surface area contributed by atoms with E-state index in [1.807, 2.05) is 6.92 Å². The van der Waals surface area contributed by atoms with Gasteiger partial charge in [-0.05, 0) is 48.9 Å². The van der Waals surface area contributed by atoms with Crippen molar-refractivity contribution in [3.63, 3.8) is 0 Å². The molecule has 0 aliphatic carbocycles. The predicted octanol–water partition coefficient (Wildman–Crippen LogP) is 5.49. The van der Waals surface area contributed by atoms with Gasteiger partial charge in [0.2, 0.25) is 0 Å². The molecule has 3 aromatic carbocycles. The molecule has 1 aliphatic rings. The first kappa shape index (κ1) is 24.3. The number of anilines is 1. The maximum atomic E-state index is 13.4. The highest BCUT2D eigenvalue weighted by Crippen LogP contribution is 2.46. The molecule has 0 spiro atoms. The van der Waals surface area contributed by atoms with E-state index in [-0.39, 0.29) is 11.3 Å². The number of hydrogen-bond acceptors (Lipinski definition) is 6. The second-order valence-corrected chi connectivity index (χ2v) is 8.61. The molecule has 7 nitrogen and oxygen atoms in total. The molecular weight excluding hydrogens is 514 g/mol. The minimum Gasteiger partial charge on any atom is -0.507 e. The van der Waals surface area contributed by atoms with Crippen LogP contribution in [0, 0.1) is 0 Å². The summed E-state index contributed by atoms with van der Waals surface area (Å²) < 4.78 is 17.4. The van der Waals surface area contributed by atoms with Crippen molar-refractivity contribution in [1.82, 2.24) is 0 Å². The molecule has 4 rings (SSSR count). The van der Waals surface area contributed by atoms with Gasteiger partial charge in [-0.2, -0.15) is 0 Å². The molecular formula is C27H24BrNO6. The zero-order valence-corrected chi connectivity index (χ0v) is 21.0. The quantitative estimate of drug-likeness (QED) is 0.243. The van der Waals surface area contributed by atoms with Gasteiger partial charge in [-0.15, -0.1) is 0 Å². The predicted molar refractivity (Wildman–Crippen MR) is 136 cm³/mol. The van der Waals surface area contributed by atoms with Gasteiger partial charge in [-0.1, -0.05) is 46.3 Å². The molecule has 0 aromatic heterocycles. The fraction of sp³-hybridized carbons (Fsp3) is 0.185. The Labute approximate surface area is 211 Å². The van der Waals surface area contributed by atoms with Crippen LogP contribution in [0.3, 0.4) is 0 Å². The van der Waals surface area contributed by atoms with Crippen LogP contribution in [0.15, 0.2) is 76.8 Å². The largest absolute Gasteiger partial charge is 0.507 e. The van der Waals surface area contributed by atoms with Crippen LogP contribution in [-0.2, 0) is 9.59 Å². The molecule has 1 amide bonds. The number of halogens is 1. The highest BCUT2D eigenvalue weighted by molar-refractivity contribution is 9.10. The highest BCUT2D eigenvalue weighted by atomic mass is 79.9. The number of carbonyl (C=O) groups is 2. The van der Waals surface area contributed by atoms with Gasteiger partial charge in [0, 0.05) is 10.0 Å². The number of nitrogens with zero attached hydrogens (tertiary/aromatic N) is 1. The van der Waals surface area contributed by atoms with Crippen LogP contribution in [-0.4, -0.2) is 37.6 Å². The van der Waals surface area contributed by atoms with Crippen molar-refractivity contribution in [3.8, 4) is 17.2 Å². The van der Waals surface area contributed by atoms with E-state index in [0.717, 1.165) is 4.47 Å². The van der Waals surface area contributed by atoms with Gasteiger partial charge >= 0.3 is 0 Å². The fourth-order valence-corrected chi connectivity index (χ4v) is 4.38. The maximum Gasteiger partial charge on any atom is 0.300 e. The summed E-state index contributed by atoms with van der Waals surface area (Å²) >= 11 is 3.37. The lowest BCUT2D eigenvalue weighted by atomic mass is 9.94. The Hall–Kier alpha value is -3.78. The maximum absolute atomic E-state index is 13.4. The van der Waals surface area contributed by atoms with E-state index >= 15 is 0 Å². The molecule has 8 heteroatoms. The van der Waals surface area contributed by atoms with Crippen LogP contribution in [0.2, 0.25) is 0 Å². The molecule has 1 unspecified atom stereocenters. The Balaban J connectivity index is 1.98. The number of ether oxygens (including phenoxy) is 3. The lowest BCUT2D eigenvalue weighted by Crippen LogP contribution is -2.29. The van der Waals surface area contributed by atoms with Crippen molar-refractivity contribution in [2.75, 3.05) is 25.7 Å². The number of aliphatic hydroxyl groups is 1. The van der Waals surface area contributed by atoms with E-state index in [1.165, 1.54) is 19.1 Å². The van der Waals surface area contributed by atoms with Gasteiger partial charge < -0.3 is 19.3 Å². The Kier molecular flexibility index (Phi) is 7.12. The third kappa shape index (κ3) is 4.49. The third-order valence-corrected chi connectivity index (χ3v) is 6.24. The van der Waals surface area contributed by atoms with E-state index in [2.05, 4.69) is 15.9 Å². The first-order valence-corrected chi connectivity index (χ1v) is 11.7. The van der Waals surface area contributed by atoms with E-state index in [0.29, 0.717) is 40.7 Å². The smallest absolute Gasteiger partial charge is 0.300 e. The summed E-state index contributed by atoms with van der Waals surface area (Å²) in [5.74, 6) is -0.449. The van der Waals surface area contributed by atoms with E-state index in [1.54, 1.807) is 66.7 Å². The summed E-state index contributed by atoms with van der Waals surface area (Å²) in [5, 5.41) is 11.3. The highest BCUT2D eigenvalue weighted by Gasteiger charge is 2.48.